The van der Waals surface area contributed by atoms with Crippen molar-refractivity contribution in [1.82, 2.24) is 0 Å². The third-order valence-electron chi connectivity index (χ3n) is 2.56. The molecule has 1 unspecified atom stereocenters. The van der Waals surface area contributed by atoms with Gasteiger partial charge in [-0.05, 0) is 12.5 Å². The van der Waals surface area contributed by atoms with Crippen molar-refractivity contribution in [3.63, 3.8) is 0 Å². The summed E-state index contributed by atoms with van der Waals surface area (Å²) in [6, 6.07) is 1.37. The third kappa shape index (κ3) is 3.38. The van der Waals surface area contributed by atoms with Crippen molar-refractivity contribution in [2.45, 2.75) is 45.1 Å². The lowest BCUT2D eigenvalue weighted by Gasteiger charge is -2.08. The highest BCUT2D eigenvalue weighted by atomic mass is 16.4. The van der Waals surface area contributed by atoms with Gasteiger partial charge in [0.25, 0.3) is 0 Å². The summed E-state index contributed by atoms with van der Waals surface area (Å²) in [5.41, 5.74) is 0.0583. The lowest BCUT2D eigenvalue weighted by molar-refractivity contribution is 0.0680. The van der Waals surface area contributed by atoms with E-state index in [-0.39, 0.29) is 11.3 Å². The molecule has 1 atom stereocenters. The Labute approximate surface area is 94.9 Å². The van der Waals surface area contributed by atoms with Crippen LogP contribution in [0.25, 0.3) is 0 Å². The Morgan fingerprint density at radius 2 is 2.19 bits per heavy atom. The summed E-state index contributed by atoms with van der Waals surface area (Å²) < 4.78 is 5.01. The Morgan fingerprint density at radius 1 is 1.44 bits per heavy atom. The van der Waals surface area contributed by atoms with Gasteiger partial charge in [0.1, 0.15) is 17.4 Å². The van der Waals surface area contributed by atoms with Crippen LogP contribution < -0.4 is 0 Å². The van der Waals surface area contributed by atoms with Gasteiger partial charge in [0.15, 0.2) is 0 Å². The molecule has 16 heavy (non-hydrogen) atoms. The molecule has 0 saturated carbocycles. The molecule has 0 fully saturated rings. The second-order valence-electron chi connectivity index (χ2n) is 3.87. The van der Waals surface area contributed by atoms with Crippen LogP contribution in [0.5, 0.6) is 0 Å². The highest BCUT2D eigenvalue weighted by Crippen LogP contribution is 2.24. The van der Waals surface area contributed by atoms with Gasteiger partial charge in [-0.1, -0.05) is 32.6 Å². The number of carboxylic acids is 1. The van der Waals surface area contributed by atoms with Crippen LogP contribution in [0, 0.1) is 0 Å². The molecule has 0 aliphatic heterocycles. The molecule has 1 rings (SSSR count). The number of aliphatic hydroxyl groups excluding tert-OH is 1. The SMILES string of the molecule is CCCCCCC(O)c1occc1C(=O)O. The smallest absolute Gasteiger partial charge is 0.339 e. The third-order valence-corrected chi connectivity index (χ3v) is 2.56. The zero-order valence-corrected chi connectivity index (χ0v) is 9.48. The van der Waals surface area contributed by atoms with E-state index in [0.29, 0.717) is 6.42 Å². The number of carbonyl (C=O) groups is 1. The number of aliphatic hydroxyl groups is 1. The molecule has 1 aromatic rings. The van der Waals surface area contributed by atoms with Crippen LogP contribution in [0.4, 0.5) is 0 Å². The Hall–Kier alpha value is -1.29. The molecule has 1 heterocycles. The molecule has 0 aliphatic carbocycles. The fourth-order valence-corrected chi connectivity index (χ4v) is 1.65. The van der Waals surface area contributed by atoms with Gasteiger partial charge in [-0.25, -0.2) is 4.79 Å². The molecule has 1 aromatic heterocycles. The van der Waals surface area contributed by atoms with Crippen molar-refractivity contribution >= 4 is 5.97 Å². The minimum Gasteiger partial charge on any atom is -0.478 e. The maximum Gasteiger partial charge on any atom is 0.339 e. The molecule has 0 amide bonds. The second-order valence-corrected chi connectivity index (χ2v) is 3.87. The highest BCUT2D eigenvalue weighted by molar-refractivity contribution is 5.88. The van der Waals surface area contributed by atoms with Gasteiger partial charge in [0, 0.05) is 0 Å². The number of rotatable bonds is 7. The first-order valence-electron chi connectivity index (χ1n) is 5.65. The Balaban J connectivity index is 2.49. The van der Waals surface area contributed by atoms with Crippen molar-refractivity contribution < 1.29 is 19.4 Å². The minimum atomic E-state index is -1.06. The average Bonchev–Trinajstić information content (AvgIpc) is 2.73. The van der Waals surface area contributed by atoms with E-state index in [2.05, 4.69) is 6.92 Å². The molecule has 0 aromatic carbocycles. The summed E-state index contributed by atoms with van der Waals surface area (Å²) in [6.45, 7) is 2.12. The minimum absolute atomic E-state index is 0.0583. The van der Waals surface area contributed by atoms with E-state index in [4.69, 9.17) is 9.52 Å². The van der Waals surface area contributed by atoms with E-state index in [0.717, 1.165) is 25.7 Å². The molecule has 0 bridgehead atoms. The first kappa shape index (κ1) is 12.8. The molecule has 90 valence electrons. The van der Waals surface area contributed by atoms with E-state index in [9.17, 15) is 9.90 Å². The molecular weight excluding hydrogens is 208 g/mol. The summed E-state index contributed by atoms with van der Waals surface area (Å²) in [5.74, 6) is -0.889. The summed E-state index contributed by atoms with van der Waals surface area (Å²) >= 11 is 0. The molecule has 0 aliphatic rings. The Morgan fingerprint density at radius 3 is 2.81 bits per heavy atom. The number of unbranched alkanes of at least 4 members (excludes halogenated alkanes) is 3. The normalized spacial score (nSPS) is 12.6. The average molecular weight is 226 g/mol. The molecule has 0 saturated heterocycles. The van der Waals surface area contributed by atoms with Crippen LogP contribution in [0.2, 0.25) is 0 Å². The van der Waals surface area contributed by atoms with Crippen LogP contribution >= 0.6 is 0 Å². The van der Waals surface area contributed by atoms with Crippen molar-refractivity contribution in [1.29, 1.82) is 0 Å². The molecule has 4 heteroatoms. The van der Waals surface area contributed by atoms with E-state index < -0.39 is 12.1 Å². The first-order chi connectivity index (χ1) is 7.66. The molecule has 2 N–H and O–H groups in total. The van der Waals surface area contributed by atoms with Crippen molar-refractivity contribution in [2.24, 2.45) is 0 Å². The predicted octanol–water partition coefficient (Wildman–Crippen LogP) is 2.98. The van der Waals surface area contributed by atoms with Gasteiger partial charge in [0.2, 0.25) is 0 Å². The summed E-state index contributed by atoms with van der Waals surface area (Å²) in [6.07, 6.45) is 5.25. The Bertz CT molecular complexity index is 330. The van der Waals surface area contributed by atoms with Crippen LogP contribution in [0.15, 0.2) is 16.7 Å². The maximum absolute atomic E-state index is 10.8. The molecule has 0 spiro atoms. The van der Waals surface area contributed by atoms with Gasteiger partial charge < -0.3 is 14.6 Å². The van der Waals surface area contributed by atoms with Crippen molar-refractivity contribution in [3.8, 4) is 0 Å². The quantitative estimate of drug-likeness (QED) is 0.701. The topological polar surface area (TPSA) is 70.7 Å². The number of carboxylic acid groups (broad SMARTS) is 1. The monoisotopic (exact) mass is 226 g/mol. The fraction of sp³-hybridized carbons (Fsp3) is 0.583. The van der Waals surface area contributed by atoms with Gasteiger partial charge >= 0.3 is 5.97 Å². The Kier molecular flexibility index (Phi) is 5.05. The van der Waals surface area contributed by atoms with Gasteiger partial charge in [-0.2, -0.15) is 0 Å². The van der Waals surface area contributed by atoms with Crippen LogP contribution in [0.1, 0.15) is 61.3 Å². The lowest BCUT2D eigenvalue weighted by Crippen LogP contribution is -2.04. The zero-order valence-electron chi connectivity index (χ0n) is 9.48. The number of furan rings is 1. The van der Waals surface area contributed by atoms with E-state index in [1.807, 2.05) is 0 Å². The van der Waals surface area contributed by atoms with Crippen LogP contribution in [0.3, 0.4) is 0 Å². The second kappa shape index (κ2) is 6.33. The molecular formula is C12H18O4. The van der Waals surface area contributed by atoms with Gasteiger partial charge in [-0.3, -0.25) is 0 Å². The first-order valence-corrected chi connectivity index (χ1v) is 5.65. The van der Waals surface area contributed by atoms with E-state index >= 15 is 0 Å². The number of hydrogen-bond acceptors (Lipinski definition) is 3. The largest absolute Gasteiger partial charge is 0.478 e. The molecule has 0 radical (unpaired) electrons. The lowest BCUT2D eigenvalue weighted by atomic mass is 10.1. The maximum atomic E-state index is 10.8. The van der Waals surface area contributed by atoms with Crippen LogP contribution in [-0.4, -0.2) is 16.2 Å². The van der Waals surface area contributed by atoms with E-state index in [1.165, 1.54) is 12.3 Å². The van der Waals surface area contributed by atoms with Crippen LogP contribution in [-0.2, 0) is 0 Å². The number of hydrogen-bond donors (Lipinski definition) is 2. The van der Waals surface area contributed by atoms with E-state index in [1.54, 1.807) is 0 Å². The van der Waals surface area contributed by atoms with Crippen molar-refractivity contribution in [2.75, 3.05) is 0 Å². The summed E-state index contributed by atoms with van der Waals surface area (Å²) in [5, 5.41) is 18.6. The predicted molar refractivity (Wildman–Crippen MR) is 59.4 cm³/mol. The fourth-order valence-electron chi connectivity index (χ4n) is 1.65. The summed E-state index contributed by atoms with van der Waals surface area (Å²) in [7, 11) is 0. The summed E-state index contributed by atoms with van der Waals surface area (Å²) in [4.78, 5) is 10.8. The van der Waals surface area contributed by atoms with Crippen molar-refractivity contribution in [3.05, 3.63) is 23.7 Å². The zero-order chi connectivity index (χ0) is 12.0. The standard InChI is InChI=1S/C12H18O4/c1-2-3-4-5-6-10(13)11-9(12(14)15)7-8-16-11/h7-8,10,13H,2-6H2,1H3,(H,14,15). The van der Waals surface area contributed by atoms with Gasteiger partial charge in [0.05, 0.1) is 6.26 Å². The molecule has 4 nitrogen and oxygen atoms in total. The number of aromatic carboxylic acids is 1. The van der Waals surface area contributed by atoms with Gasteiger partial charge in [-0.15, -0.1) is 0 Å². The highest BCUT2D eigenvalue weighted by Gasteiger charge is 2.20.